The lowest BCUT2D eigenvalue weighted by molar-refractivity contribution is -0.160. The molecule has 0 aliphatic carbocycles. The van der Waals surface area contributed by atoms with Gasteiger partial charge in [0, 0.05) is 6.42 Å². The molecule has 0 N–H and O–H groups in total. The molecule has 0 amide bonds. The summed E-state index contributed by atoms with van der Waals surface area (Å²) >= 11 is 0. The molecule has 19 heavy (non-hydrogen) atoms. The van der Waals surface area contributed by atoms with Crippen LogP contribution in [-0.2, 0) is 19.1 Å². The number of hydrogen-bond donors (Lipinski definition) is 0. The van der Waals surface area contributed by atoms with Gasteiger partial charge in [0.1, 0.15) is 5.60 Å². The Morgan fingerprint density at radius 3 is 2.16 bits per heavy atom. The minimum atomic E-state index is -0.454. The van der Waals surface area contributed by atoms with Crippen molar-refractivity contribution in [3.8, 4) is 0 Å². The van der Waals surface area contributed by atoms with Crippen molar-refractivity contribution >= 4 is 11.9 Å². The monoisotopic (exact) mass is 272 g/mol. The van der Waals surface area contributed by atoms with E-state index in [-0.39, 0.29) is 17.9 Å². The normalized spacial score (nSPS) is 12.9. The van der Waals surface area contributed by atoms with Gasteiger partial charge in [-0.25, -0.2) is 0 Å². The maximum atomic E-state index is 12.1. The van der Waals surface area contributed by atoms with E-state index in [1.165, 1.54) is 7.11 Å². The quantitative estimate of drug-likeness (QED) is 0.635. The van der Waals surface area contributed by atoms with Crippen LogP contribution in [0.25, 0.3) is 0 Å². The van der Waals surface area contributed by atoms with Gasteiger partial charge in [0.25, 0.3) is 0 Å². The van der Waals surface area contributed by atoms with Crippen molar-refractivity contribution in [2.24, 2.45) is 5.92 Å². The van der Waals surface area contributed by atoms with Crippen LogP contribution in [0.1, 0.15) is 66.2 Å². The van der Waals surface area contributed by atoms with Gasteiger partial charge in [0.2, 0.25) is 0 Å². The Bertz CT molecular complexity index is 278. The second-order valence-electron chi connectivity index (χ2n) is 5.84. The Hall–Kier alpha value is -1.06. The summed E-state index contributed by atoms with van der Waals surface area (Å²) < 4.78 is 10.0. The minimum absolute atomic E-state index is 0.108. The highest BCUT2D eigenvalue weighted by molar-refractivity contribution is 5.73. The molecule has 1 atom stereocenters. The average molecular weight is 272 g/mol. The predicted octanol–water partition coefficient (Wildman–Crippen LogP) is 3.48. The van der Waals surface area contributed by atoms with Gasteiger partial charge < -0.3 is 9.47 Å². The van der Waals surface area contributed by atoms with Gasteiger partial charge in [-0.3, -0.25) is 9.59 Å². The van der Waals surface area contributed by atoms with Crippen LogP contribution >= 0.6 is 0 Å². The summed E-state index contributed by atoms with van der Waals surface area (Å²) in [5.74, 6) is -0.479. The zero-order valence-electron chi connectivity index (χ0n) is 13.0. The number of rotatable bonds is 8. The molecule has 0 aliphatic rings. The molecule has 0 saturated carbocycles. The smallest absolute Gasteiger partial charge is 0.309 e. The summed E-state index contributed by atoms with van der Waals surface area (Å²) in [6.45, 7) is 7.71. The van der Waals surface area contributed by atoms with Gasteiger partial charge in [-0.05, 0) is 40.0 Å². The fourth-order valence-electron chi connectivity index (χ4n) is 1.81. The fraction of sp³-hybridized carbons (Fsp3) is 0.867. The lowest BCUT2D eigenvalue weighted by Gasteiger charge is -2.24. The summed E-state index contributed by atoms with van der Waals surface area (Å²) in [6.07, 6.45) is 4.59. The average Bonchev–Trinajstić information content (AvgIpc) is 2.30. The van der Waals surface area contributed by atoms with Gasteiger partial charge in [-0.2, -0.15) is 0 Å². The summed E-state index contributed by atoms with van der Waals surface area (Å²) in [5, 5.41) is 0. The van der Waals surface area contributed by atoms with E-state index in [1.807, 2.05) is 20.8 Å². The van der Waals surface area contributed by atoms with Crippen LogP contribution < -0.4 is 0 Å². The molecule has 112 valence electrons. The van der Waals surface area contributed by atoms with Crippen LogP contribution in [0.4, 0.5) is 0 Å². The zero-order valence-corrected chi connectivity index (χ0v) is 13.0. The van der Waals surface area contributed by atoms with E-state index in [1.54, 1.807) is 0 Å². The van der Waals surface area contributed by atoms with Crippen LogP contribution in [0, 0.1) is 5.92 Å². The third kappa shape index (κ3) is 9.51. The van der Waals surface area contributed by atoms with Crippen LogP contribution in [0.15, 0.2) is 0 Å². The molecule has 0 radical (unpaired) electrons. The van der Waals surface area contributed by atoms with Gasteiger partial charge >= 0.3 is 11.9 Å². The lowest BCUT2D eigenvalue weighted by atomic mass is 9.95. The Balaban J connectivity index is 4.29. The van der Waals surface area contributed by atoms with Crippen LogP contribution in [0.5, 0.6) is 0 Å². The second-order valence-corrected chi connectivity index (χ2v) is 5.84. The van der Waals surface area contributed by atoms with E-state index in [0.29, 0.717) is 19.3 Å². The van der Waals surface area contributed by atoms with Crippen molar-refractivity contribution in [2.75, 3.05) is 7.11 Å². The molecule has 4 nitrogen and oxygen atoms in total. The van der Waals surface area contributed by atoms with E-state index in [9.17, 15) is 9.59 Å². The fourth-order valence-corrected chi connectivity index (χ4v) is 1.81. The third-order valence-electron chi connectivity index (χ3n) is 2.81. The van der Waals surface area contributed by atoms with Crippen molar-refractivity contribution in [3.05, 3.63) is 0 Å². The van der Waals surface area contributed by atoms with Crippen molar-refractivity contribution in [1.82, 2.24) is 0 Å². The van der Waals surface area contributed by atoms with Gasteiger partial charge in [-0.1, -0.05) is 19.8 Å². The first-order valence-corrected chi connectivity index (χ1v) is 7.09. The molecule has 0 rings (SSSR count). The molecule has 0 aromatic rings. The maximum absolute atomic E-state index is 12.1. The minimum Gasteiger partial charge on any atom is -0.469 e. The first kappa shape index (κ1) is 17.9. The van der Waals surface area contributed by atoms with Crippen molar-refractivity contribution in [1.29, 1.82) is 0 Å². The highest BCUT2D eigenvalue weighted by Gasteiger charge is 2.24. The van der Waals surface area contributed by atoms with Gasteiger partial charge in [0.15, 0.2) is 0 Å². The first-order valence-electron chi connectivity index (χ1n) is 7.09. The summed E-state index contributed by atoms with van der Waals surface area (Å²) in [7, 11) is 1.38. The lowest BCUT2D eigenvalue weighted by Crippen LogP contribution is -2.29. The van der Waals surface area contributed by atoms with E-state index in [0.717, 1.165) is 19.3 Å². The number of hydrogen-bond acceptors (Lipinski definition) is 4. The van der Waals surface area contributed by atoms with E-state index in [4.69, 9.17) is 4.74 Å². The molecule has 1 unspecified atom stereocenters. The number of carbonyl (C=O) groups is 2. The topological polar surface area (TPSA) is 52.6 Å². The molecule has 0 saturated heterocycles. The molecular weight excluding hydrogens is 244 g/mol. The third-order valence-corrected chi connectivity index (χ3v) is 2.81. The van der Waals surface area contributed by atoms with Crippen LogP contribution in [0.2, 0.25) is 0 Å². The Morgan fingerprint density at radius 2 is 1.68 bits per heavy atom. The predicted molar refractivity (Wildman–Crippen MR) is 74.7 cm³/mol. The van der Waals surface area contributed by atoms with Gasteiger partial charge in [-0.15, -0.1) is 0 Å². The van der Waals surface area contributed by atoms with Crippen LogP contribution in [-0.4, -0.2) is 24.6 Å². The molecule has 0 fully saturated rings. The Labute approximate surface area is 116 Å². The molecule has 0 bridgehead atoms. The number of unbranched alkanes of at least 4 members (excludes halogenated alkanes) is 1. The van der Waals surface area contributed by atoms with E-state index < -0.39 is 5.60 Å². The number of ether oxygens (including phenoxy) is 2. The SMILES string of the molecule is CCCCC(CCCC(=O)OC)C(=O)OC(C)(C)C. The van der Waals surface area contributed by atoms with Crippen molar-refractivity contribution < 1.29 is 19.1 Å². The highest BCUT2D eigenvalue weighted by atomic mass is 16.6. The zero-order chi connectivity index (χ0) is 14.9. The van der Waals surface area contributed by atoms with Crippen molar-refractivity contribution in [3.63, 3.8) is 0 Å². The maximum Gasteiger partial charge on any atom is 0.309 e. The molecule has 0 spiro atoms. The summed E-state index contributed by atoms with van der Waals surface area (Å²) in [4.78, 5) is 23.1. The number of esters is 2. The van der Waals surface area contributed by atoms with Gasteiger partial charge in [0.05, 0.1) is 13.0 Å². The summed E-state index contributed by atoms with van der Waals surface area (Å²) in [5.41, 5.74) is -0.454. The molecular formula is C15H28O4. The second kappa shape index (κ2) is 8.94. The van der Waals surface area contributed by atoms with Crippen molar-refractivity contribution in [2.45, 2.75) is 71.8 Å². The summed E-state index contributed by atoms with van der Waals surface area (Å²) in [6, 6.07) is 0. The first-order chi connectivity index (χ1) is 8.80. The molecule has 0 heterocycles. The number of methoxy groups -OCH3 is 1. The molecule has 0 aromatic carbocycles. The Morgan fingerprint density at radius 1 is 1.11 bits per heavy atom. The Kier molecular flexibility index (Phi) is 8.44. The number of carbonyl (C=O) groups excluding carboxylic acids is 2. The standard InChI is InChI=1S/C15H28O4/c1-6-7-9-12(10-8-11-13(16)18-5)14(17)19-15(2,3)4/h12H,6-11H2,1-5H3. The highest BCUT2D eigenvalue weighted by Crippen LogP contribution is 2.21. The molecule has 0 aromatic heterocycles. The van der Waals surface area contributed by atoms with Crippen LogP contribution in [0.3, 0.4) is 0 Å². The largest absolute Gasteiger partial charge is 0.469 e. The van der Waals surface area contributed by atoms with E-state index >= 15 is 0 Å². The molecule has 0 aliphatic heterocycles. The molecule has 4 heteroatoms. The van der Waals surface area contributed by atoms with E-state index in [2.05, 4.69) is 11.7 Å².